The summed E-state index contributed by atoms with van der Waals surface area (Å²) in [4.78, 5) is 5.38. The Balaban J connectivity index is 1.57. The first-order valence-corrected chi connectivity index (χ1v) is 8.76. The molecule has 0 aromatic carbocycles. The molecular formula is C17H34N2. The zero-order valence-electron chi connectivity index (χ0n) is 13.2. The lowest BCUT2D eigenvalue weighted by molar-refractivity contribution is 0.143. The van der Waals surface area contributed by atoms with E-state index in [2.05, 4.69) is 23.6 Å². The average molecular weight is 266 g/mol. The summed E-state index contributed by atoms with van der Waals surface area (Å²) in [6.07, 6.45) is 9.96. The van der Waals surface area contributed by atoms with Crippen LogP contribution in [0.2, 0.25) is 0 Å². The van der Waals surface area contributed by atoms with Crippen molar-refractivity contribution < 1.29 is 0 Å². The third-order valence-electron chi connectivity index (χ3n) is 5.39. The minimum atomic E-state index is 1.01. The summed E-state index contributed by atoms with van der Waals surface area (Å²) in [5.41, 5.74) is 0. The van der Waals surface area contributed by atoms with Gasteiger partial charge in [-0.05, 0) is 89.6 Å². The van der Waals surface area contributed by atoms with Gasteiger partial charge in [-0.25, -0.2) is 0 Å². The van der Waals surface area contributed by atoms with Crippen molar-refractivity contribution in [1.82, 2.24) is 9.80 Å². The third-order valence-corrected chi connectivity index (χ3v) is 5.39. The zero-order chi connectivity index (χ0) is 13.5. The lowest BCUT2D eigenvalue weighted by Crippen LogP contribution is -2.37. The van der Waals surface area contributed by atoms with Gasteiger partial charge >= 0.3 is 0 Å². The molecule has 2 heteroatoms. The second-order valence-corrected chi connectivity index (χ2v) is 6.77. The van der Waals surface area contributed by atoms with Gasteiger partial charge in [0.05, 0.1) is 0 Å². The van der Waals surface area contributed by atoms with Gasteiger partial charge in [0.25, 0.3) is 0 Å². The van der Waals surface area contributed by atoms with Crippen LogP contribution in [0.5, 0.6) is 0 Å². The van der Waals surface area contributed by atoms with E-state index in [0.717, 1.165) is 11.8 Å². The molecule has 0 N–H and O–H groups in total. The molecule has 0 aromatic heterocycles. The second kappa shape index (κ2) is 8.26. The molecule has 2 aliphatic heterocycles. The van der Waals surface area contributed by atoms with Crippen LogP contribution < -0.4 is 0 Å². The summed E-state index contributed by atoms with van der Waals surface area (Å²) in [5.74, 6) is 2.03. The summed E-state index contributed by atoms with van der Waals surface area (Å²) < 4.78 is 0. The smallest absolute Gasteiger partial charge is 0.00161 e. The lowest BCUT2D eigenvalue weighted by Gasteiger charge is -2.35. The number of hydrogen-bond donors (Lipinski definition) is 0. The average Bonchev–Trinajstić information content (AvgIpc) is 2.47. The molecule has 19 heavy (non-hydrogen) atoms. The molecule has 0 radical (unpaired) electrons. The molecule has 2 saturated heterocycles. The van der Waals surface area contributed by atoms with Crippen molar-refractivity contribution >= 4 is 0 Å². The molecule has 0 atom stereocenters. The SMILES string of the molecule is CCCN1CCC(CCN2CCC(CC)CC2)CC1. The van der Waals surface area contributed by atoms with Crippen molar-refractivity contribution in [2.24, 2.45) is 11.8 Å². The van der Waals surface area contributed by atoms with Crippen LogP contribution in [-0.4, -0.2) is 49.1 Å². The highest BCUT2D eigenvalue weighted by atomic mass is 15.1. The van der Waals surface area contributed by atoms with Crippen molar-refractivity contribution in [3.63, 3.8) is 0 Å². The normalized spacial score (nSPS) is 24.9. The van der Waals surface area contributed by atoms with Gasteiger partial charge in [0.1, 0.15) is 0 Å². The molecule has 2 nitrogen and oxygen atoms in total. The van der Waals surface area contributed by atoms with E-state index in [1.807, 2.05) is 0 Å². The van der Waals surface area contributed by atoms with Crippen molar-refractivity contribution in [2.45, 2.75) is 58.8 Å². The van der Waals surface area contributed by atoms with Crippen LogP contribution in [0.4, 0.5) is 0 Å². The highest BCUT2D eigenvalue weighted by Gasteiger charge is 2.21. The van der Waals surface area contributed by atoms with E-state index in [1.54, 1.807) is 0 Å². The maximum atomic E-state index is 2.73. The van der Waals surface area contributed by atoms with Crippen LogP contribution in [-0.2, 0) is 0 Å². The Morgan fingerprint density at radius 2 is 1.26 bits per heavy atom. The van der Waals surface area contributed by atoms with Gasteiger partial charge in [-0.3, -0.25) is 0 Å². The highest BCUT2D eigenvalue weighted by molar-refractivity contribution is 4.76. The number of likely N-dealkylation sites (tertiary alicyclic amines) is 2. The van der Waals surface area contributed by atoms with Gasteiger partial charge in [-0.2, -0.15) is 0 Å². The van der Waals surface area contributed by atoms with Crippen molar-refractivity contribution in [3.05, 3.63) is 0 Å². The molecule has 0 amide bonds. The summed E-state index contributed by atoms with van der Waals surface area (Å²) in [6.45, 7) is 12.8. The molecule has 2 fully saturated rings. The molecule has 2 rings (SSSR count). The van der Waals surface area contributed by atoms with Gasteiger partial charge < -0.3 is 9.80 Å². The van der Waals surface area contributed by atoms with Crippen LogP contribution in [0.1, 0.15) is 58.8 Å². The van der Waals surface area contributed by atoms with E-state index in [4.69, 9.17) is 0 Å². The molecular weight excluding hydrogens is 232 g/mol. The molecule has 0 aliphatic carbocycles. The minimum Gasteiger partial charge on any atom is -0.303 e. The van der Waals surface area contributed by atoms with E-state index in [9.17, 15) is 0 Å². The largest absolute Gasteiger partial charge is 0.303 e. The van der Waals surface area contributed by atoms with Crippen LogP contribution in [0.3, 0.4) is 0 Å². The summed E-state index contributed by atoms with van der Waals surface area (Å²) in [6, 6.07) is 0. The maximum absolute atomic E-state index is 2.73. The van der Waals surface area contributed by atoms with Crippen LogP contribution >= 0.6 is 0 Å². The highest BCUT2D eigenvalue weighted by Crippen LogP contribution is 2.23. The van der Waals surface area contributed by atoms with Gasteiger partial charge in [0.15, 0.2) is 0 Å². The summed E-state index contributed by atoms with van der Waals surface area (Å²) in [7, 11) is 0. The fourth-order valence-corrected chi connectivity index (χ4v) is 3.80. The fourth-order valence-electron chi connectivity index (χ4n) is 3.80. The Labute approximate surface area is 120 Å². The zero-order valence-corrected chi connectivity index (χ0v) is 13.2. The molecule has 0 aromatic rings. The monoisotopic (exact) mass is 266 g/mol. The van der Waals surface area contributed by atoms with Gasteiger partial charge in [-0.1, -0.05) is 20.3 Å². The Morgan fingerprint density at radius 3 is 1.79 bits per heavy atom. The molecule has 2 aliphatic rings. The van der Waals surface area contributed by atoms with E-state index >= 15 is 0 Å². The second-order valence-electron chi connectivity index (χ2n) is 6.77. The Hall–Kier alpha value is -0.0800. The number of rotatable bonds is 6. The standard InChI is InChI=1S/C17H34N2/c1-3-10-18-13-7-17(8-14-18)9-15-19-11-5-16(4-2)6-12-19/h16-17H,3-15H2,1-2H3. The van der Waals surface area contributed by atoms with Crippen LogP contribution in [0, 0.1) is 11.8 Å². The summed E-state index contributed by atoms with van der Waals surface area (Å²) in [5, 5.41) is 0. The third kappa shape index (κ3) is 5.07. The van der Waals surface area contributed by atoms with Crippen molar-refractivity contribution in [3.8, 4) is 0 Å². The maximum Gasteiger partial charge on any atom is -0.00161 e. The van der Waals surface area contributed by atoms with Gasteiger partial charge in [0, 0.05) is 0 Å². The number of hydrogen-bond acceptors (Lipinski definition) is 2. The Bertz CT molecular complexity index is 225. The van der Waals surface area contributed by atoms with Crippen molar-refractivity contribution in [1.29, 1.82) is 0 Å². The Morgan fingerprint density at radius 1 is 0.737 bits per heavy atom. The molecule has 2 heterocycles. The topological polar surface area (TPSA) is 6.48 Å². The quantitative estimate of drug-likeness (QED) is 0.724. The predicted octanol–water partition coefficient (Wildman–Crippen LogP) is 3.62. The molecule has 112 valence electrons. The first-order chi connectivity index (χ1) is 9.31. The first kappa shape index (κ1) is 15.3. The predicted molar refractivity (Wildman–Crippen MR) is 83.5 cm³/mol. The van der Waals surface area contributed by atoms with Gasteiger partial charge in [0.2, 0.25) is 0 Å². The van der Waals surface area contributed by atoms with Gasteiger partial charge in [-0.15, -0.1) is 0 Å². The first-order valence-electron chi connectivity index (χ1n) is 8.76. The lowest BCUT2D eigenvalue weighted by atomic mass is 9.91. The van der Waals surface area contributed by atoms with E-state index in [1.165, 1.54) is 84.2 Å². The minimum absolute atomic E-state index is 1.01. The van der Waals surface area contributed by atoms with Crippen LogP contribution in [0.15, 0.2) is 0 Å². The summed E-state index contributed by atoms with van der Waals surface area (Å²) >= 11 is 0. The molecule has 0 saturated carbocycles. The molecule has 0 unspecified atom stereocenters. The Kier molecular flexibility index (Phi) is 6.66. The number of piperidine rings is 2. The molecule has 0 bridgehead atoms. The fraction of sp³-hybridized carbons (Fsp3) is 1.00. The van der Waals surface area contributed by atoms with Crippen molar-refractivity contribution in [2.75, 3.05) is 39.3 Å². The number of nitrogens with zero attached hydrogens (tertiary/aromatic N) is 2. The van der Waals surface area contributed by atoms with E-state index in [-0.39, 0.29) is 0 Å². The van der Waals surface area contributed by atoms with Crippen LogP contribution in [0.25, 0.3) is 0 Å². The van der Waals surface area contributed by atoms with E-state index in [0.29, 0.717) is 0 Å². The molecule has 0 spiro atoms. The van der Waals surface area contributed by atoms with E-state index < -0.39 is 0 Å².